The Hall–Kier alpha value is -2.13. The summed E-state index contributed by atoms with van der Waals surface area (Å²) in [4.78, 5) is 28.0. The standard InChI is InChI=1S/C16H23N3O5S/c1-12(17-25(3,22)23)15(20)18-8-10-19(11-9-18)16(21)13-4-6-14(24-2)7-5-13/h4-7,12,17H,8-11H2,1-3H3. The van der Waals surface area contributed by atoms with Crippen molar-refractivity contribution in [1.29, 1.82) is 0 Å². The van der Waals surface area contributed by atoms with Crippen LogP contribution >= 0.6 is 0 Å². The number of nitrogens with one attached hydrogen (secondary N) is 1. The van der Waals surface area contributed by atoms with Crippen LogP contribution in [0.1, 0.15) is 17.3 Å². The zero-order chi connectivity index (χ0) is 18.6. The average molecular weight is 369 g/mol. The quantitative estimate of drug-likeness (QED) is 0.783. The SMILES string of the molecule is COc1ccc(C(=O)N2CCN(C(=O)C(C)NS(C)(=O)=O)CC2)cc1. The van der Waals surface area contributed by atoms with E-state index in [4.69, 9.17) is 4.74 Å². The van der Waals surface area contributed by atoms with Crippen molar-refractivity contribution in [2.24, 2.45) is 0 Å². The Balaban J connectivity index is 1.92. The van der Waals surface area contributed by atoms with Gasteiger partial charge in [-0.1, -0.05) is 0 Å². The summed E-state index contributed by atoms with van der Waals surface area (Å²) in [7, 11) is -1.88. The number of carbonyl (C=O) groups is 2. The molecule has 1 aromatic carbocycles. The van der Waals surface area contributed by atoms with Crippen LogP contribution < -0.4 is 9.46 Å². The Labute approximate surface area is 147 Å². The largest absolute Gasteiger partial charge is 0.497 e. The minimum Gasteiger partial charge on any atom is -0.497 e. The second-order valence-corrected chi connectivity index (χ2v) is 7.74. The van der Waals surface area contributed by atoms with Gasteiger partial charge in [0, 0.05) is 31.7 Å². The van der Waals surface area contributed by atoms with E-state index in [1.165, 1.54) is 6.92 Å². The van der Waals surface area contributed by atoms with E-state index in [0.717, 1.165) is 6.26 Å². The number of carbonyl (C=O) groups excluding carboxylic acids is 2. The molecule has 0 aromatic heterocycles. The summed E-state index contributed by atoms with van der Waals surface area (Å²) in [5, 5.41) is 0. The molecule has 1 N–H and O–H groups in total. The number of benzene rings is 1. The lowest BCUT2D eigenvalue weighted by molar-refractivity contribution is -0.134. The summed E-state index contributed by atoms with van der Waals surface area (Å²) in [6, 6.07) is 6.05. The van der Waals surface area contributed by atoms with Gasteiger partial charge in [-0.25, -0.2) is 13.1 Å². The Morgan fingerprint density at radius 2 is 1.60 bits per heavy atom. The van der Waals surface area contributed by atoms with Crippen LogP contribution in [0.15, 0.2) is 24.3 Å². The lowest BCUT2D eigenvalue weighted by atomic mass is 10.1. The summed E-state index contributed by atoms with van der Waals surface area (Å²) in [6.07, 6.45) is 1.02. The first-order valence-corrected chi connectivity index (χ1v) is 9.80. The highest BCUT2D eigenvalue weighted by atomic mass is 32.2. The Morgan fingerprint density at radius 3 is 2.08 bits per heavy atom. The van der Waals surface area contributed by atoms with Gasteiger partial charge in [0.1, 0.15) is 5.75 Å². The average Bonchev–Trinajstić information content (AvgIpc) is 2.59. The van der Waals surface area contributed by atoms with Crippen LogP contribution in [-0.4, -0.2) is 75.6 Å². The second-order valence-electron chi connectivity index (χ2n) is 5.96. The third-order valence-electron chi connectivity index (χ3n) is 3.98. The van der Waals surface area contributed by atoms with Crippen LogP contribution in [0.25, 0.3) is 0 Å². The second kappa shape index (κ2) is 7.83. The van der Waals surface area contributed by atoms with Crippen molar-refractivity contribution in [2.75, 3.05) is 39.5 Å². The van der Waals surface area contributed by atoms with E-state index in [9.17, 15) is 18.0 Å². The molecular weight excluding hydrogens is 346 g/mol. The molecule has 1 fully saturated rings. The number of amides is 2. The summed E-state index contributed by atoms with van der Waals surface area (Å²) in [5.41, 5.74) is 0.563. The van der Waals surface area contributed by atoms with Crippen molar-refractivity contribution < 1.29 is 22.7 Å². The first-order valence-electron chi connectivity index (χ1n) is 7.90. The monoisotopic (exact) mass is 369 g/mol. The van der Waals surface area contributed by atoms with Crippen molar-refractivity contribution in [2.45, 2.75) is 13.0 Å². The number of methoxy groups -OCH3 is 1. The number of nitrogens with zero attached hydrogens (tertiary/aromatic N) is 2. The van der Waals surface area contributed by atoms with Gasteiger partial charge in [-0.05, 0) is 31.2 Å². The molecule has 1 aliphatic rings. The number of hydrogen-bond acceptors (Lipinski definition) is 5. The van der Waals surface area contributed by atoms with Gasteiger partial charge in [-0.15, -0.1) is 0 Å². The van der Waals surface area contributed by atoms with E-state index >= 15 is 0 Å². The maximum atomic E-state index is 12.5. The number of piperazine rings is 1. The fourth-order valence-corrected chi connectivity index (χ4v) is 3.43. The number of hydrogen-bond donors (Lipinski definition) is 1. The van der Waals surface area contributed by atoms with Crippen molar-refractivity contribution in [3.05, 3.63) is 29.8 Å². The van der Waals surface area contributed by atoms with Gasteiger partial charge < -0.3 is 14.5 Å². The number of ether oxygens (including phenoxy) is 1. The van der Waals surface area contributed by atoms with Gasteiger partial charge in [0.15, 0.2) is 0 Å². The van der Waals surface area contributed by atoms with Gasteiger partial charge in [-0.3, -0.25) is 9.59 Å². The van der Waals surface area contributed by atoms with E-state index in [1.807, 2.05) is 0 Å². The molecule has 1 aromatic rings. The molecule has 1 aliphatic heterocycles. The molecule has 0 bridgehead atoms. The van der Waals surface area contributed by atoms with Gasteiger partial charge in [-0.2, -0.15) is 0 Å². The zero-order valence-corrected chi connectivity index (χ0v) is 15.4. The highest BCUT2D eigenvalue weighted by molar-refractivity contribution is 7.88. The van der Waals surface area contributed by atoms with Crippen molar-refractivity contribution in [3.63, 3.8) is 0 Å². The molecule has 1 heterocycles. The predicted molar refractivity (Wildman–Crippen MR) is 92.9 cm³/mol. The summed E-state index contributed by atoms with van der Waals surface area (Å²) >= 11 is 0. The van der Waals surface area contributed by atoms with Gasteiger partial charge in [0.25, 0.3) is 5.91 Å². The van der Waals surface area contributed by atoms with Gasteiger partial charge in [0.05, 0.1) is 19.4 Å². The summed E-state index contributed by atoms with van der Waals surface area (Å²) in [6.45, 7) is 3.07. The molecule has 0 aliphatic carbocycles. The van der Waals surface area contributed by atoms with Crippen LogP contribution in [0.5, 0.6) is 5.75 Å². The van der Waals surface area contributed by atoms with Gasteiger partial charge in [0.2, 0.25) is 15.9 Å². The highest BCUT2D eigenvalue weighted by Crippen LogP contribution is 2.14. The molecule has 0 spiro atoms. The molecule has 1 unspecified atom stereocenters. The normalized spacial score (nSPS) is 16.4. The molecule has 138 valence electrons. The van der Waals surface area contributed by atoms with Crippen LogP contribution in [-0.2, 0) is 14.8 Å². The minimum absolute atomic E-state index is 0.0999. The molecule has 2 amide bonds. The third-order valence-corrected chi connectivity index (χ3v) is 4.76. The Bertz CT molecular complexity index is 725. The molecule has 0 radical (unpaired) electrons. The van der Waals surface area contributed by atoms with Crippen LogP contribution in [0.3, 0.4) is 0 Å². The van der Waals surface area contributed by atoms with E-state index in [0.29, 0.717) is 37.5 Å². The number of rotatable bonds is 5. The molecule has 9 heteroatoms. The van der Waals surface area contributed by atoms with E-state index < -0.39 is 16.1 Å². The van der Waals surface area contributed by atoms with Crippen LogP contribution in [0, 0.1) is 0 Å². The smallest absolute Gasteiger partial charge is 0.253 e. The highest BCUT2D eigenvalue weighted by Gasteiger charge is 2.28. The summed E-state index contributed by atoms with van der Waals surface area (Å²) < 4.78 is 29.8. The fraction of sp³-hybridized carbons (Fsp3) is 0.500. The van der Waals surface area contributed by atoms with Gasteiger partial charge >= 0.3 is 0 Å². The molecular formula is C16H23N3O5S. The lowest BCUT2D eigenvalue weighted by Crippen LogP contribution is -2.55. The maximum Gasteiger partial charge on any atom is 0.253 e. The number of sulfonamides is 1. The van der Waals surface area contributed by atoms with Crippen molar-refractivity contribution in [3.8, 4) is 5.75 Å². The molecule has 25 heavy (non-hydrogen) atoms. The molecule has 1 saturated heterocycles. The van der Waals surface area contributed by atoms with Crippen LogP contribution in [0.2, 0.25) is 0 Å². The minimum atomic E-state index is -3.45. The lowest BCUT2D eigenvalue weighted by Gasteiger charge is -2.36. The molecule has 0 saturated carbocycles. The molecule has 2 rings (SSSR count). The fourth-order valence-electron chi connectivity index (χ4n) is 2.69. The van der Waals surface area contributed by atoms with Crippen molar-refractivity contribution in [1.82, 2.24) is 14.5 Å². The zero-order valence-electron chi connectivity index (χ0n) is 14.6. The topological polar surface area (TPSA) is 96.0 Å². The van der Waals surface area contributed by atoms with E-state index in [-0.39, 0.29) is 11.8 Å². The van der Waals surface area contributed by atoms with Crippen LogP contribution in [0.4, 0.5) is 0 Å². The maximum absolute atomic E-state index is 12.5. The van der Waals surface area contributed by atoms with E-state index in [1.54, 1.807) is 41.2 Å². The Morgan fingerprint density at radius 1 is 1.08 bits per heavy atom. The summed E-state index contributed by atoms with van der Waals surface area (Å²) in [5.74, 6) is 0.290. The third kappa shape index (κ3) is 5.17. The molecule has 1 atom stereocenters. The van der Waals surface area contributed by atoms with Crippen molar-refractivity contribution >= 4 is 21.8 Å². The van der Waals surface area contributed by atoms with E-state index in [2.05, 4.69) is 4.72 Å². The Kier molecular flexibility index (Phi) is 6.02. The first kappa shape index (κ1) is 19.2. The predicted octanol–water partition coefficient (Wildman–Crippen LogP) is -0.0827. The molecule has 8 nitrogen and oxygen atoms in total. The first-order chi connectivity index (χ1) is 11.7.